The first-order valence-corrected chi connectivity index (χ1v) is 11.4. The molecule has 1 N–H and O–H groups in total. The Hall–Kier alpha value is -3.84. The highest BCUT2D eigenvalue weighted by Gasteiger charge is 2.23. The van der Waals surface area contributed by atoms with E-state index in [-0.39, 0.29) is 12.5 Å². The summed E-state index contributed by atoms with van der Waals surface area (Å²) >= 11 is 0. The van der Waals surface area contributed by atoms with Crippen molar-refractivity contribution in [3.63, 3.8) is 0 Å². The van der Waals surface area contributed by atoms with Crippen LogP contribution in [0.1, 0.15) is 29.2 Å². The number of amides is 1. The van der Waals surface area contributed by atoms with Crippen LogP contribution in [0.5, 0.6) is 5.75 Å². The minimum Gasteiger partial charge on any atom is -0.491 e. The molecule has 1 amide bonds. The summed E-state index contributed by atoms with van der Waals surface area (Å²) in [6, 6.07) is 22.8. The lowest BCUT2D eigenvalue weighted by atomic mass is 9.99. The summed E-state index contributed by atoms with van der Waals surface area (Å²) in [7, 11) is 0. The highest BCUT2D eigenvalue weighted by Crippen LogP contribution is 2.29. The molecule has 1 aliphatic heterocycles. The Labute approximate surface area is 196 Å². The van der Waals surface area contributed by atoms with Crippen molar-refractivity contribution >= 4 is 17.0 Å². The number of aliphatic hydroxyl groups is 1. The van der Waals surface area contributed by atoms with Crippen molar-refractivity contribution in [2.24, 2.45) is 0 Å². The number of aromatic nitrogens is 1. The van der Waals surface area contributed by atoms with E-state index < -0.39 is 11.9 Å². The zero-order chi connectivity index (χ0) is 23.5. The van der Waals surface area contributed by atoms with Gasteiger partial charge in [0.25, 0.3) is 0 Å². The van der Waals surface area contributed by atoms with Gasteiger partial charge in [-0.3, -0.25) is 9.36 Å². The zero-order valence-corrected chi connectivity index (χ0v) is 18.7. The van der Waals surface area contributed by atoms with E-state index in [4.69, 9.17) is 9.15 Å². The van der Waals surface area contributed by atoms with E-state index in [1.54, 1.807) is 29.2 Å². The Morgan fingerprint density at radius 3 is 2.68 bits per heavy atom. The Bertz CT molecular complexity index is 1360. The number of hydrogen-bond donors (Lipinski definition) is 1. The SMILES string of the molecule is O=C(Cn1c(=O)oc2ccccc21)N1CCOc2ccc(C(O)CCc3ccccc3)cc2C1. The van der Waals surface area contributed by atoms with Gasteiger partial charge in [-0.05, 0) is 48.2 Å². The minimum atomic E-state index is -0.617. The van der Waals surface area contributed by atoms with E-state index in [0.29, 0.717) is 43.0 Å². The summed E-state index contributed by atoms with van der Waals surface area (Å²) in [4.78, 5) is 27.1. The molecule has 2 heterocycles. The summed E-state index contributed by atoms with van der Waals surface area (Å²) < 4.78 is 12.5. The third-order valence-corrected chi connectivity index (χ3v) is 6.22. The first kappa shape index (κ1) is 22.0. The Morgan fingerprint density at radius 1 is 1.03 bits per heavy atom. The maximum absolute atomic E-state index is 13.1. The third kappa shape index (κ3) is 4.61. The molecule has 5 rings (SSSR count). The molecule has 7 nitrogen and oxygen atoms in total. The maximum Gasteiger partial charge on any atom is 0.420 e. The average Bonchev–Trinajstić information content (AvgIpc) is 3.03. The van der Waals surface area contributed by atoms with Gasteiger partial charge in [0, 0.05) is 12.1 Å². The molecule has 0 saturated heterocycles. The number of para-hydroxylation sites is 2. The van der Waals surface area contributed by atoms with E-state index in [0.717, 1.165) is 17.5 Å². The van der Waals surface area contributed by atoms with Crippen LogP contribution in [0.25, 0.3) is 11.1 Å². The zero-order valence-electron chi connectivity index (χ0n) is 18.7. The molecule has 0 spiro atoms. The molecule has 174 valence electrons. The van der Waals surface area contributed by atoms with Crippen LogP contribution >= 0.6 is 0 Å². The van der Waals surface area contributed by atoms with Crippen molar-refractivity contribution in [2.75, 3.05) is 13.2 Å². The summed E-state index contributed by atoms with van der Waals surface area (Å²) in [6.45, 7) is 1.00. The van der Waals surface area contributed by atoms with Gasteiger partial charge in [-0.2, -0.15) is 0 Å². The topological polar surface area (TPSA) is 84.9 Å². The van der Waals surface area contributed by atoms with Crippen LogP contribution < -0.4 is 10.5 Å². The number of hydrogen-bond acceptors (Lipinski definition) is 5. The molecule has 34 heavy (non-hydrogen) atoms. The predicted octanol–water partition coefficient (Wildman–Crippen LogP) is 3.68. The highest BCUT2D eigenvalue weighted by atomic mass is 16.5. The largest absolute Gasteiger partial charge is 0.491 e. The normalized spacial score (nSPS) is 14.3. The van der Waals surface area contributed by atoms with Crippen LogP contribution in [0.4, 0.5) is 0 Å². The lowest BCUT2D eigenvalue weighted by molar-refractivity contribution is -0.132. The van der Waals surface area contributed by atoms with Gasteiger partial charge in [-0.15, -0.1) is 0 Å². The predicted molar refractivity (Wildman–Crippen MR) is 128 cm³/mol. The van der Waals surface area contributed by atoms with Gasteiger partial charge in [-0.25, -0.2) is 4.79 Å². The van der Waals surface area contributed by atoms with Gasteiger partial charge in [-0.1, -0.05) is 48.5 Å². The molecule has 0 radical (unpaired) electrons. The molecule has 1 aromatic heterocycles. The van der Waals surface area contributed by atoms with E-state index in [9.17, 15) is 14.7 Å². The fourth-order valence-electron chi connectivity index (χ4n) is 4.35. The summed E-state index contributed by atoms with van der Waals surface area (Å²) in [5, 5.41) is 10.8. The van der Waals surface area contributed by atoms with Crippen molar-refractivity contribution in [3.05, 3.63) is 100 Å². The number of aliphatic hydroxyl groups excluding tert-OH is 1. The fourth-order valence-corrected chi connectivity index (χ4v) is 4.35. The van der Waals surface area contributed by atoms with Crippen molar-refractivity contribution < 1.29 is 19.1 Å². The van der Waals surface area contributed by atoms with Crippen LogP contribution in [0.15, 0.2) is 82.0 Å². The summed E-state index contributed by atoms with van der Waals surface area (Å²) in [6.07, 6.45) is 0.755. The monoisotopic (exact) mass is 458 g/mol. The van der Waals surface area contributed by atoms with Crippen molar-refractivity contribution in [2.45, 2.75) is 32.0 Å². The number of oxazole rings is 1. The second-order valence-corrected chi connectivity index (χ2v) is 8.49. The van der Waals surface area contributed by atoms with Gasteiger partial charge in [0.2, 0.25) is 5.91 Å². The molecule has 1 atom stereocenters. The van der Waals surface area contributed by atoms with Crippen LogP contribution in [-0.4, -0.2) is 33.6 Å². The molecule has 0 saturated carbocycles. The number of aryl methyl sites for hydroxylation is 1. The van der Waals surface area contributed by atoms with Gasteiger partial charge in [0.1, 0.15) is 18.9 Å². The van der Waals surface area contributed by atoms with Crippen LogP contribution in [0, 0.1) is 0 Å². The van der Waals surface area contributed by atoms with E-state index in [1.807, 2.05) is 36.4 Å². The molecule has 1 aliphatic rings. The number of fused-ring (bicyclic) bond motifs is 2. The van der Waals surface area contributed by atoms with Crippen molar-refractivity contribution in [1.82, 2.24) is 9.47 Å². The quantitative estimate of drug-likeness (QED) is 0.477. The van der Waals surface area contributed by atoms with Crippen molar-refractivity contribution in [1.29, 1.82) is 0 Å². The van der Waals surface area contributed by atoms with Crippen LogP contribution in [0.3, 0.4) is 0 Å². The molecule has 7 heteroatoms. The first-order valence-electron chi connectivity index (χ1n) is 11.4. The molecular formula is C27H26N2O5. The number of nitrogens with zero attached hydrogens (tertiary/aromatic N) is 2. The second kappa shape index (κ2) is 9.57. The smallest absolute Gasteiger partial charge is 0.420 e. The van der Waals surface area contributed by atoms with Crippen LogP contribution in [-0.2, 0) is 24.3 Å². The van der Waals surface area contributed by atoms with E-state index in [2.05, 4.69) is 12.1 Å². The standard InChI is InChI=1S/C27H26N2O5/c30-23(12-10-19-6-2-1-3-7-19)20-11-13-24-21(16-20)17-28(14-15-33-24)26(31)18-29-22-8-4-5-9-25(22)34-27(29)32/h1-9,11,13,16,23,30H,10,12,14-15,17-18H2. The summed E-state index contributed by atoms with van der Waals surface area (Å²) in [5.41, 5.74) is 3.87. The molecule has 0 aliphatic carbocycles. The van der Waals surface area contributed by atoms with E-state index >= 15 is 0 Å². The lowest BCUT2D eigenvalue weighted by Gasteiger charge is -2.20. The van der Waals surface area contributed by atoms with Crippen LogP contribution in [0.2, 0.25) is 0 Å². The maximum atomic E-state index is 13.1. The number of carbonyl (C=O) groups is 1. The van der Waals surface area contributed by atoms with Crippen molar-refractivity contribution in [3.8, 4) is 5.75 Å². The fraction of sp³-hybridized carbons (Fsp3) is 0.259. The molecular weight excluding hydrogens is 432 g/mol. The molecule has 3 aromatic carbocycles. The Balaban J connectivity index is 1.31. The third-order valence-electron chi connectivity index (χ3n) is 6.22. The average molecular weight is 459 g/mol. The minimum absolute atomic E-state index is 0.107. The molecule has 4 aromatic rings. The number of benzene rings is 3. The Morgan fingerprint density at radius 2 is 1.82 bits per heavy atom. The Kier molecular flexibility index (Phi) is 6.18. The molecule has 1 unspecified atom stereocenters. The highest BCUT2D eigenvalue weighted by molar-refractivity contribution is 5.79. The van der Waals surface area contributed by atoms with Gasteiger partial charge in [0.15, 0.2) is 5.58 Å². The number of carbonyl (C=O) groups excluding carboxylic acids is 1. The second-order valence-electron chi connectivity index (χ2n) is 8.49. The number of rotatable bonds is 6. The lowest BCUT2D eigenvalue weighted by Crippen LogP contribution is -2.36. The van der Waals surface area contributed by atoms with Gasteiger partial charge < -0.3 is 19.2 Å². The molecule has 0 bridgehead atoms. The molecule has 0 fully saturated rings. The van der Waals surface area contributed by atoms with E-state index in [1.165, 1.54) is 10.1 Å². The first-order chi connectivity index (χ1) is 16.6. The summed E-state index contributed by atoms with van der Waals surface area (Å²) in [5.74, 6) is -0.0368. The number of ether oxygens (including phenoxy) is 1. The van der Waals surface area contributed by atoms with Gasteiger partial charge >= 0.3 is 5.76 Å². The van der Waals surface area contributed by atoms with Gasteiger partial charge in [0.05, 0.1) is 18.2 Å².